The summed E-state index contributed by atoms with van der Waals surface area (Å²) in [4.78, 5) is 14.1. The molecule has 19 heavy (non-hydrogen) atoms. The molecule has 0 spiro atoms. The van der Waals surface area contributed by atoms with Crippen molar-refractivity contribution in [2.24, 2.45) is 4.99 Å². The number of sulfonamides is 1. The lowest BCUT2D eigenvalue weighted by Gasteiger charge is -2.31. The smallest absolute Gasteiger partial charge is 0.245 e. The van der Waals surface area contributed by atoms with Crippen molar-refractivity contribution in [3.63, 3.8) is 0 Å². The molecule has 0 saturated carbocycles. The number of ether oxygens (including phenoxy) is 1. The van der Waals surface area contributed by atoms with Crippen molar-refractivity contribution in [1.29, 1.82) is 0 Å². The highest BCUT2D eigenvalue weighted by Crippen LogP contribution is 2.21. The normalized spacial score (nSPS) is 20.8. The molecule has 1 unspecified atom stereocenters. The minimum atomic E-state index is -3.68. The number of isocyanates is 1. The van der Waals surface area contributed by atoms with E-state index in [1.54, 1.807) is 12.1 Å². The molecule has 0 amide bonds. The molecule has 1 aromatic carbocycles. The summed E-state index contributed by atoms with van der Waals surface area (Å²) in [6.07, 6.45) is 0.555. The molecule has 0 radical (unpaired) electrons. The van der Waals surface area contributed by atoms with Gasteiger partial charge in [-0.1, -0.05) is 12.1 Å². The van der Waals surface area contributed by atoms with Gasteiger partial charge in [0, 0.05) is 6.54 Å². The van der Waals surface area contributed by atoms with Crippen LogP contribution in [0.15, 0.2) is 34.2 Å². The minimum Gasteiger partial charge on any atom is -0.376 e. The second kappa shape index (κ2) is 5.63. The first kappa shape index (κ1) is 13.9. The fourth-order valence-corrected chi connectivity index (χ4v) is 3.53. The summed E-state index contributed by atoms with van der Waals surface area (Å²) in [6.45, 7) is 2.35. The van der Waals surface area contributed by atoms with Crippen LogP contribution in [-0.4, -0.2) is 44.7 Å². The zero-order chi connectivity index (χ0) is 13.9. The Kier molecular flexibility index (Phi) is 4.11. The summed E-state index contributed by atoms with van der Waals surface area (Å²) in [5, 5.41) is 0. The Morgan fingerprint density at radius 1 is 1.47 bits per heavy atom. The maximum Gasteiger partial charge on any atom is 0.245 e. The van der Waals surface area contributed by atoms with Gasteiger partial charge in [-0.25, -0.2) is 13.2 Å². The molecule has 1 fully saturated rings. The molecule has 1 aliphatic heterocycles. The maximum absolute atomic E-state index is 12.5. The Morgan fingerprint density at radius 2 is 2.26 bits per heavy atom. The summed E-state index contributed by atoms with van der Waals surface area (Å²) in [7, 11) is -3.68. The van der Waals surface area contributed by atoms with Crippen molar-refractivity contribution in [2.45, 2.75) is 18.0 Å². The second-order valence-corrected chi connectivity index (χ2v) is 6.10. The molecular weight excluding hydrogens is 268 g/mol. The molecule has 2 rings (SSSR count). The van der Waals surface area contributed by atoms with E-state index in [0.717, 1.165) is 5.56 Å². The molecule has 7 heteroatoms. The van der Waals surface area contributed by atoms with Gasteiger partial charge < -0.3 is 4.74 Å². The molecule has 1 atom stereocenters. The maximum atomic E-state index is 12.5. The Morgan fingerprint density at radius 3 is 2.95 bits per heavy atom. The van der Waals surface area contributed by atoms with E-state index in [1.807, 2.05) is 13.0 Å². The third-order valence-corrected chi connectivity index (χ3v) is 4.75. The van der Waals surface area contributed by atoms with Crippen LogP contribution in [0.2, 0.25) is 0 Å². The van der Waals surface area contributed by atoms with E-state index >= 15 is 0 Å². The molecule has 0 N–H and O–H groups in total. The molecule has 102 valence electrons. The summed E-state index contributed by atoms with van der Waals surface area (Å²) >= 11 is 0. The van der Waals surface area contributed by atoms with Gasteiger partial charge in [-0.15, -0.1) is 0 Å². The number of hydrogen-bond acceptors (Lipinski definition) is 5. The molecule has 0 aliphatic carbocycles. The average Bonchev–Trinajstić information content (AvgIpc) is 2.39. The zero-order valence-electron chi connectivity index (χ0n) is 10.4. The van der Waals surface area contributed by atoms with Gasteiger partial charge in [0.05, 0.1) is 18.1 Å². The van der Waals surface area contributed by atoms with Crippen molar-refractivity contribution in [2.75, 3.05) is 19.8 Å². The lowest BCUT2D eigenvalue weighted by atomic mass is 10.2. The van der Waals surface area contributed by atoms with Crippen molar-refractivity contribution in [3.8, 4) is 0 Å². The topological polar surface area (TPSA) is 76.0 Å². The molecule has 0 bridgehead atoms. The summed E-state index contributed by atoms with van der Waals surface area (Å²) < 4.78 is 31.3. The van der Waals surface area contributed by atoms with E-state index in [4.69, 9.17) is 4.74 Å². The largest absolute Gasteiger partial charge is 0.376 e. The Labute approximate surface area is 111 Å². The fraction of sp³-hybridized carbons (Fsp3) is 0.417. The van der Waals surface area contributed by atoms with Crippen LogP contribution < -0.4 is 0 Å². The zero-order valence-corrected chi connectivity index (χ0v) is 11.3. The highest BCUT2D eigenvalue weighted by atomic mass is 32.2. The minimum absolute atomic E-state index is 0.0697. The standard InChI is InChI=1S/C12H14N2O4S/c1-10-3-2-4-11(7-10)19(16,17)14-5-6-18-8-12(14)13-9-15/h2-4,7,12H,5-6,8H2,1H3. The SMILES string of the molecule is Cc1cccc(S(=O)(=O)N2CCOCC2N=C=O)c1. The first-order chi connectivity index (χ1) is 9.05. The molecule has 1 heterocycles. The molecule has 1 aromatic rings. The highest BCUT2D eigenvalue weighted by molar-refractivity contribution is 7.89. The molecule has 6 nitrogen and oxygen atoms in total. The van der Waals surface area contributed by atoms with Gasteiger partial charge in [0.25, 0.3) is 0 Å². The first-order valence-corrected chi connectivity index (χ1v) is 7.23. The Balaban J connectivity index is 2.39. The van der Waals surface area contributed by atoms with Gasteiger partial charge in [0.2, 0.25) is 16.1 Å². The molecule has 0 aromatic heterocycles. The van der Waals surface area contributed by atoms with Crippen molar-refractivity contribution < 1.29 is 17.9 Å². The van der Waals surface area contributed by atoms with Gasteiger partial charge in [0.1, 0.15) is 0 Å². The van der Waals surface area contributed by atoms with Gasteiger partial charge >= 0.3 is 0 Å². The quantitative estimate of drug-likeness (QED) is 0.603. The lowest BCUT2D eigenvalue weighted by Crippen LogP contribution is -2.47. The predicted octanol–water partition coefficient (Wildman–Crippen LogP) is 0.678. The highest BCUT2D eigenvalue weighted by Gasteiger charge is 2.34. The number of hydrogen-bond donors (Lipinski definition) is 0. The van der Waals surface area contributed by atoms with Gasteiger partial charge in [-0.2, -0.15) is 9.30 Å². The van der Waals surface area contributed by atoms with Crippen LogP contribution in [0, 0.1) is 6.92 Å². The number of carbonyl (C=O) groups excluding carboxylic acids is 1. The van der Waals surface area contributed by atoms with Crippen LogP contribution >= 0.6 is 0 Å². The van der Waals surface area contributed by atoms with E-state index in [-0.39, 0.29) is 24.7 Å². The van der Waals surface area contributed by atoms with Crippen LogP contribution in [0.5, 0.6) is 0 Å². The molecular formula is C12H14N2O4S. The Hall–Kier alpha value is -1.53. The van der Waals surface area contributed by atoms with Gasteiger partial charge in [-0.3, -0.25) is 0 Å². The monoisotopic (exact) mass is 282 g/mol. The number of aliphatic imine (C=N–C) groups is 1. The number of rotatable bonds is 3. The average molecular weight is 282 g/mol. The van der Waals surface area contributed by atoms with Gasteiger partial charge in [-0.05, 0) is 24.6 Å². The summed E-state index contributed by atoms with van der Waals surface area (Å²) in [5.41, 5.74) is 0.852. The van der Waals surface area contributed by atoms with E-state index in [1.165, 1.54) is 16.5 Å². The van der Waals surface area contributed by atoms with Crippen LogP contribution in [0.4, 0.5) is 0 Å². The van der Waals surface area contributed by atoms with Crippen LogP contribution in [0.3, 0.4) is 0 Å². The summed E-state index contributed by atoms with van der Waals surface area (Å²) in [6, 6.07) is 6.62. The predicted molar refractivity (Wildman–Crippen MR) is 67.8 cm³/mol. The molecule has 1 saturated heterocycles. The second-order valence-electron chi connectivity index (χ2n) is 4.21. The van der Waals surface area contributed by atoms with E-state index < -0.39 is 16.2 Å². The van der Waals surface area contributed by atoms with Crippen molar-refractivity contribution in [3.05, 3.63) is 29.8 Å². The third kappa shape index (κ3) is 2.90. The number of morpholine rings is 1. The van der Waals surface area contributed by atoms with Crippen molar-refractivity contribution in [1.82, 2.24) is 4.31 Å². The van der Waals surface area contributed by atoms with Crippen LogP contribution in [0.25, 0.3) is 0 Å². The first-order valence-electron chi connectivity index (χ1n) is 5.79. The van der Waals surface area contributed by atoms with E-state index in [9.17, 15) is 13.2 Å². The number of nitrogens with zero attached hydrogens (tertiary/aromatic N) is 2. The number of benzene rings is 1. The Bertz CT molecular complexity index is 608. The third-order valence-electron chi connectivity index (χ3n) is 2.85. The van der Waals surface area contributed by atoms with Gasteiger partial charge in [0.15, 0.2) is 6.17 Å². The molecule has 1 aliphatic rings. The fourth-order valence-electron chi connectivity index (χ4n) is 1.93. The van der Waals surface area contributed by atoms with E-state index in [2.05, 4.69) is 4.99 Å². The van der Waals surface area contributed by atoms with Crippen LogP contribution in [0.1, 0.15) is 5.56 Å². The van der Waals surface area contributed by atoms with E-state index in [0.29, 0.717) is 0 Å². The van der Waals surface area contributed by atoms with Crippen LogP contribution in [-0.2, 0) is 19.6 Å². The number of aryl methyl sites for hydroxylation is 1. The lowest BCUT2D eigenvalue weighted by molar-refractivity contribution is 0.0359. The summed E-state index contributed by atoms with van der Waals surface area (Å²) in [5.74, 6) is 0. The van der Waals surface area contributed by atoms with Crippen molar-refractivity contribution >= 4 is 16.1 Å².